The number of carbonyl (C=O) groups is 1. The first-order chi connectivity index (χ1) is 8.54. The van der Waals surface area contributed by atoms with Crippen LogP contribution in [0.1, 0.15) is 36.9 Å². The second-order valence-electron chi connectivity index (χ2n) is 4.39. The van der Waals surface area contributed by atoms with Crippen molar-refractivity contribution in [2.24, 2.45) is 0 Å². The third-order valence-corrected chi connectivity index (χ3v) is 3.08. The van der Waals surface area contributed by atoms with Gasteiger partial charge in [0.1, 0.15) is 0 Å². The molecule has 0 heterocycles. The van der Waals surface area contributed by atoms with Gasteiger partial charge in [0.05, 0.1) is 11.6 Å². The van der Waals surface area contributed by atoms with Gasteiger partial charge in [-0.2, -0.15) is 5.26 Å². The fourth-order valence-corrected chi connectivity index (χ4v) is 1.76. The van der Waals surface area contributed by atoms with Gasteiger partial charge < -0.3 is 5.11 Å². The van der Waals surface area contributed by atoms with Crippen LogP contribution in [0.5, 0.6) is 0 Å². The minimum absolute atomic E-state index is 0.199. The Kier molecular flexibility index (Phi) is 5.34. The van der Waals surface area contributed by atoms with Crippen LogP contribution in [0.3, 0.4) is 0 Å². The Hall–Kier alpha value is -1.86. The molecule has 1 rings (SSSR count). The first-order valence-corrected chi connectivity index (χ1v) is 5.96. The summed E-state index contributed by atoms with van der Waals surface area (Å²) in [6.45, 7) is 2.82. The minimum Gasteiger partial charge on any atom is -0.481 e. The molecular weight excluding hydrogens is 228 g/mol. The van der Waals surface area contributed by atoms with Crippen LogP contribution in [0.2, 0.25) is 0 Å². The van der Waals surface area contributed by atoms with Crippen molar-refractivity contribution in [1.29, 1.82) is 5.26 Å². The maximum absolute atomic E-state index is 10.4. The van der Waals surface area contributed by atoms with Gasteiger partial charge in [0, 0.05) is 12.5 Å². The summed E-state index contributed by atoms with van der Waals surface area (Å²) in [5.74, 6) is -0.755. The largest absolute Gasteiger partial charge is 0.481 e. The number of hydrogen-bond donors (Lipinski definition) is 1. The van der Waals surface area contributed by atoms with Crippen LogP contribution in [0, 0.1) is 11.3 Å². The smallest absolute Gasteiger partial charge is 0.303 e. The van der Waals surface area contributed by atoms with E-state index in [1.54, 1.807) is 12.1 Å². The van der Waals surface area contributed by atoms with E-state index in [2.05, 4.69) is 17.9 Å². The number of benzene rings is 1. The molecule has 18 heavy (non-hydrogen) atoms. The van der Waals surface area contributed by atoms with Crippen molar-refractivity contribution >= 4 is 5.97 Å². The molecule has 0 aliphatic rings. The molecule has 0 spiro atoms. The minimum atomic E-state index is -0.755. The quantitative estimate of drug-likeness (QED) is 0.837. The summed E-state index contributed by atoms with van der Waals surface area (Å²) >= 11 is 0. The van der Waals surface area contributed by atoms with E-state index in [1.807, 2.05) is 19.2 Å². The van der Waals surface area contributed by atoms with E-state index >= 15 is 0 Å². The highest BCUT2D eigenvalue weighted by Crippen LogP contribution is 2.19. The van der Waals surface area contributed by atoms with Gasteiger partial charge in [0.15, 0.2) is 0 Å². The third-order valence-electron chi connectivity index (χ3n) is 3.08. The number of aliphatic carboxylic acids is 1. The van der Waals surface area contributed by atoms with E-state index < -0.39 is 5.97 Å². The first kappa shape index (κ1) is 14.2. The summed E-state index contributed by atoms with van der Waals surface area (Å²) in [4.78, 5) is 12.6. The van der Waals surface area contributed by atoms with Gasteiger partial charge in [-0.05, 0) is 44.6 Å². The molecule has 96 valence electrons. The molecule has 0 aliphatic carbocycles. The molecule has 1 unspecified atom stereocenters. The predicted molar refractivity (Wildman–Crippen MR) is 69.1 cm³/mol. The molecule has 1 N–H and O–H groups in total. The molecule has 0 bridgehead atoms. The van der Waals surface area contributed by atoms with Crippen LogP contribution in [-0.2, 0) is 4.79 Å². The van der Waals surface area contributed by atoms with Crippen LogP contribution in [0.25, 0.3) is 0 Å². The van der Waals surface area contributed by atoms with Crippen molar-refractivity contribution in [3.63, 3.8) is 0 Å². The van der Waals surface area contributed by atoms with Gasteiger partial charge in [-0.25, -0.2) is 0 Å². The molecule has 0 fully saturated rings. The van der Waals surface area contributed by atoms with Crippen molar-refractivity contribution in [1.82, 2.24) is 4.90 Å². The van der Waals surface area contributed by atoms with Gasteiger partial charge in [-0.3, -0.25) is 9.69 Å². The molecular formula is C14H18N2O2. The zero-order valence-corrected chi connectivity index (χ0v) is 10.8. The van der Waals surface area contributed by atoms with E-state index in [1.165, 1.54) is 0 Å². The third kappa shape index (κ3) is 4.19. The van der Waals surface area contributed by atoms with E-state index in [-0.39, 0.29) is 12.5 Å². The lowest BCUT2D eigenvalue weighted by Gasteiger charge is -2.24. The molecule has 1 aromatic carbocycles. The van der Waals surface area contributed by atoms with Crippen molar-refractivity contribution in [3.8, 4) is 6.07 Å². The number of rotatable bonds is 6. The summed E-state index contributed by atoms with van der Waals surface area (Å²) in [5, 5.41) is 17.3. The van der Waals surface area contributed by atoms with E-state index in [0.29, 0.717) is 12.0 Å². The Bertz CT molecular complexity index is 434. The number of nitrogens with zero attached hydrogens (tertiary/aromatic N) is 2. The summed E-state index contributed by atoms with van der Waals surface area (Å²) in [6.07, 6.45) is 0.844. The van der Waals surface area contributed by atoms with E-state index in [4.69, 9.17) is 10.4 Å². The summed E-state index contributed by atoms with van der Waals surface area (Å²) < 4.78 is 0. The second kappa shape index (κ2) is 6.77. The van der Waals surface area contributed by atoms with E-state index in [9.17, 15) is 4.79 Å². The molecule has 0 radical (unpaired) electrons. The zero-order valence-electron chi connectivity index (χ0n) is 10.8. The molecule has 0 amide bonds. The number of carboxylic acids is 1. The Morgan fingerprint density at radius 1 is 1.44 bits per heavy atom. The predicted octanol–water partition coefficient (Wildman–Crippen LogP) is 2.42. The summed E-state index contributed by atoms with van der Waals surface area (Å²) in [7, 11) is 1.98. The van der Waals surface area contributed by atoms with Crippen molar-refractivity contribution < 1.29 is 9.90 Å². The van der Waals surface area contributed by atoms with Gasteiger partial charge in [0.2, 0.25) is 0 Å². The van der Waals surface area contributed by atoms with Gasteiger partial charge in [-0.1, -0.05) is 12.1 Å². The first-order valence-electron chi connectivity index (χ1n) is 5.96. The van der Waals surface area contributed by atoms with Crippen molar-refractivity contribution in [2.45, 2.75) is 25.8 Å². The van der Waals surface area contributed by atoms with Crippen LogP contribution in [0.15, 0.2) is 24.3 Å². The Labute approximate surface area is 107 Å². The maximum Gasteiger partial charge on any atom is 0.303 e. The second-order valence-corrected chi connectivity index (χ2v) is 4.39. The van der Waals surface area contributed by atoms with Crippen molar-refractivity contribution in [2.75, 3.05) is 13.6 Å². The average Bonchev–Trinajstić information content (AvgIpc) is 2.37. The number of hydrogen-bond acceptors (Lipinski definition) is 3. The Morgan fingerprint density at radius 3 is 2.56 bits per heavy atom. The molecule has 0 saturated carbocycles. The standard InChI is InChI=1S/C14H18N2O2/c1-11(16(2)9-3-4-14(17)18)13-7-5-12(10-15)6-8-13/h5-8,11H,3-4,9H2,1-2H3,(H,17,18). The Morgan fingerprint density at radius 2 is 2.06 bits per heavy atom. The van der Waals surface area contributed by atoms with Crippen molar-refractivity contribution in [3.05, 3.63) is 35.4 Å². The molecule has 4 nitrogen and oxygen atoms in total. The molecule has 0 aromatic heterocycles. The highest BCUT2D eigenvalue weighted by Gasteiger charge is 2.11. The van der Waals surface area contributed by atoms with Crippen LogP contribution < -0.4 is 0 Å². The average molecular weight is 246 g/mol. The molecule has 1 atom stereocenters. The van der Waals surface area contributed by atoms with Gasteiger partial charge in [0.25, 0.3) is 0 Å². The normalized spacial score (nSPS) is 12.1. The lowest BCUT2D eigenvalue weighted by Crippen LogP contribution is -2.24. The number of carboxylic acid groups (broad SMARTS) is 1. The Balaban J connectivity index is 2.54. The van der Waals surface area contributed by atoms with Gasteiger partial charge >= 0.3 is 5.97 Å². The molecule has 0 saturated heterocycles. The van der Waals surface area contributed by atoms with Crippen LogP contribution >= 0.6 is 0 Å². The molecule has 0 aliphatic heterocycles. The van der Waals surface area contributed by atoms with E-state index in [0.717, 1.165) is 12.1 Å². The highest BCUT2D eigenvalue weighted by atomic mass is 16.4. The summed E-state index contributed by atoms with van der Waals surface area (Å²) in [6, 6.07) is 9.79. The van der Waals surface area contributed by atoms with Gasteiger partial charge in [-0.15, -0.1) is 0 Å². The molecule has 4 heteroatoms. The lowest BCUT2D eigenvalue weighted by atomic mass is 10.1. The maximum atomic E-state index is 10.4. The number of nitriles is 1. The monoisotopic (exact) mass is 246 g/mol. The fraction of sp³-hybridized carbons (Fsp3) is 0.429. The topological polar surface area (TPSA) is 64.3 Å². The fourth-order valence-electron chi connectivity index (χ4n) is 1.76. The summed E-state index contributed by atoms with van der Waals surface area (Å²) in [5.41, 5.74) is 1.78. The van der Waals surface area contributed by atoms with Crippen LogP contribution in [0.4, 0.5) is 0 Å². The lowest BCUT2D eigenvalue weighted by molar-refractivity contribution is -0.137. The SMILES string of the molecule is CC(c1ccc(C#N)cc1)N(C)CCCC(=O)O. The van der Waals surface area contributed by atoms with Crippen LogP contribution in [-0.4, -0.2) is 29.6 Å². The zero-order chi connectivity index (χ0) is 13.5. The molecule has 1 aromatic rings. The highest BCUT2D eigenvalue weighted by molar-refractivity contribution is 5.66.